The number of ether oxygens (including phenoxy) is 1. The summed E-state index contributed by atoms with van der Waals surface area (Å²) in [5.41, 5.74) is 0. The first-order valence-corrected chi connectivity index (χ1v) is 7.90. The Morgan fingerprint density at radius 3 is 2.64 bits per heavy atom. The number of carbonyl (C=O) groups excluding carboxylic acids is 1. The van der Waals surface area contributed by atoms with Crippen LogP contribution in [0, 0.1) is 6.92 Å². The minimum Gasteiger partial charge on any atom is -0.450 e. The molecule has 1 amide bonds. The Balaban J connectivity index is 1.98. The van der Waals surface area contributed by atoms with Crippen LogP contribution in [-0.4, -0.2) is 60.3 Å². The minimum absolute atomic E-state index is 0.230. The second-order valence-electron chi connectivity index (χ2n) is 5.26. The van der Waals surface area contributed by atoms with Crippen LogP contribution in [0.1, 0.15) is 26.1 Å². The average molecular weight is 307 g/mol. The van der Waals surface area contributed by atoms with Gasteiger partial charge in [0.15, 0.2) is 0 Å². The summed E-state index contributed by atoms with van der Waals surface area (Å²) in [5.74, 6) is 2.52. The second kappa shape index (κ2) is 7.82. The molecule has 2 rings (SSSR count). The highest BCUT2D eigenvalue weighted by Gasteiger charge is 2.23. The van der Waals surface area contributed by atoms with Gasteiger partial charge < -0.3 is 19.9 Å². The lowest BCUT2D eigenvalue weighted by atomic mass is 10.3. The van der Waals surface area contributed by atoms with Gasteiger partial charge in [-0.1, -0.05) is 6.92 Å². The van der Waals surface area contributed by atoms with E-state index in [4.69, 9.17) is 4.74 Å². The topological polar surface area (TPSA) is 70.6 Å². The van der Waals surface area contributed by atoms with Crippen molar-refractivity contribution in [1.82, 2.24) is 14.9 Å². The number of aryl methyl sites for hydroxylation is 1. The van der Waals surface area contributed by atoms with E-state index in [0.29, 0.717) is 19.7 Å². The molecule has 1 N–H and O–H groups in total. The number of amides is 1. The molecule has 0 saturated carbocycles. The van der Waals surface area contributed by atoms with Gasteiger partial charge in [-0.15, -0.1) is 0 Å². The molecule has 0 spiro atoms. The first-order valence-electron chi connectivity index (χ1n) is 7.90. The Morgan fingerprint density at radius 1 is 1.27 bits per heavy atom. The molecular weight excluding hydrogens is 282 g/mol. The van der Waals surface area contributed by atoms with E-state index in [9.17, 15) is 4.79 Å². The van der Waals surface area contributed by atoms with Crippen molar-refractivity contribution in [2.45, 2.75) is 27.2 Å². The van der Waals surface area contributed by atoms with Crippen LogP contribution in [0.3, 0.4) is 0 Å². The maximum absolute atomic E-state index is 11.7. The molecule has 0 bridgehead atoms. The van der Waals surface area contributed by atoms with E-state index in [1.165, 1.54) is 0 Å². The predicted molar refractivity (Wildman–Crippen MR) is 86.4 cm³/mol. The number of nitrogens with one attached hydrogen (secondary N) is 1. The molecule has 0 aliphatic carbocycles. The third-order valence-corrected chi connectivity index (χ3v) is 3.51. The molecule has 1 aliphatic rings. The summed E-state index contributed by atoms with van der Waals surface area (Å²) in [6.07, 6.45) is 0.822. The zero-order valence-corrected chi connectivity index (χ0v) is 13.6. The van der Waals surface area contributed by atoms with E-state index >= 15 is 0 Å². The van der Waals surface area contributed by atoms with Crippen LogP contribution in [0.5, 0.6) is 0 Å². The number of hydrogen-bond donors (Lipinski definition) is 1. The summed E-state index contributed by atoms with van der Waals surface area (Å²) in [7, 11) is 0. The number of piperazine rings is 1. The van der Waals surface area contributed by atoms with E-state index < -0.39 is 0 Å². The normalized spacial score (nSPS) is 14.9. The van der Waals surface area contributed by atoms with Gasteiger partial charge in [0.25, 0.3) is 0 Å². The van der Waals surface area contributed by atoms with Gasteiger partial charge >= 0.3 is 6.09 Å². The van der Waals surface area contributed by atoms with Crippen LogP contribution in [0.4, 0.5) is 16.4 Å². The maximum atomic E-state index is 11.7. The maximum Gasteiger partial charge on any atom is 0.409 e. The van der Waals surface area contributed by atoms with Crippen LogP contribution in [0.25, 0.3) is 0 Å². The second-order valence-corrected chi connectivity index (χ2v) is 5.26. The first kappa shape index (κ1) is 16.3. The molecule has 0 aromatic carbocycles. The van der Waals surface area contributed by atoms with Gasteiger partial charge in [0.1, 0.15) is 17.5 Å². The summed E-state index contributed by atoms with van der Waals surface area (Å²) in [5, 5.41) is 3.30. The lowest BCUT2D eigenvalue weighted by Gasteiger charge is -2.34. The van der Waals surface area contributed by atoms with Gasteiger partial charge in [-0.3, -0.25) is 0 Å². The van der Waals surface area contributed by atoms with Crippen molar-refractivity contribution < 1.29 is 9.53 Å². The minimum atomic E-state index is -0.230. The summed E-state index contributed by atoms with van der Waals surface area (Å²) in [6, 6.07) is 1.97. The molecule has 1 fully saturated rings. The van der Waals surface area contributed by atoms with Crippen molar-refractivity contribution in [2.24, 2.45) is 0 Å². The molecule has 2 heterocycles. The number of carbonyl (C=O) groups is 1. The number of hydrogen-bond acceptors (Lipinski definition) is 6. The largest absolute Gasteiger partial charge is 0.450 e. The van der Waals surface area contributed by atoms with Gasteiger partial charge in [0.2, 0.25) is 0 Å². The van der Waals surface area contributed by atoms with Crippen molar-refractivity contribution in [3.8, 4) is 0 Å². The average Bonchev–Trinajstić information content (AvgIpc) is 2.53. The van der Waals surface area contributed by atoms with Gasteiger partial charge in [-0.05, 0) is 20.3 Å². The van der Waals surface area contributed by atoms with Gasteiger partial charge in [0, 0.05) is 38.8 Å². The molecule has 7 heteroatoms. The Kier molecular flexibility index (Phi) is 5.80. The first-order chi connectivity index (χ1) is 10.6. The highest BCUT2D eigenvalue weighted by Crippen LogP contribution is 2.18. The molecule has 122 valence electrons. The Morgan fingerprint density at radius 2 is 2.00 bits per heavy atom. The molecular formula is C15H25N5O2. The van der Waals surface area contributed by atoms with Crippen molar-refractivity contribution in [3.05, 3.63) is 11.9 Å². The zero-order chi connectivity index (χ0) is 15.9. The number of nitrogens with zero attached hydrogens (tertiary/aromatic N) is 4. The van der Waals surface area contributed by atoms with Crippen LogP contribution in [0.15, 0.2) is 6.07 Å². The van der Waals surface area contributed by atoms with E-state index in [1.54, 1.807) is 4.90 Å². The van der Waals surface area contributed by atoms with E-state index in [2.05, 4.69) is 27.1 Å². The monoisotopic (exact) mass is 307 g/mol. The molecule has 0 radical (unpaired) electrons. The molecule has 7 nitrogen and oxygen atoms in total. The van der Waals surface area contributed by atoms with Crippen LogP contribution in [-0.2, 0) is 4.74 Å². The Bertz CT molecular complexity index is 501. The lowest BCUT2D eigenvalue weighted by Crippen LogP contribution is -2.49. The molecule has 0 atom stereocenters. The fourth-order valence-electron chi connectivity index (χ4n) is 2.39. The Labute approximate surface area is 131 Å². The van der Waals surface area contributed by atoms with Crippen LogP contribution in [0.2, 0.25) is 0 Å². The van der Waals surface area contributed by atoms with E-state index in [0.717, 1.165) is 43.5 Å². The third-order valence-electron chi connectivity index (χ3n) is 3.51. The SMILES string of the molecule is CCCNc1cc(N2CCN(C(=O)OCC)CC2)nc(C)n1. The molecule has 1 aromatic heterocycles. The number of aromatic nitrogens is 2. The summed E-state index contributed by atoms with van der Waals surface area (Å²) in [4.78, 5) is 24.6. The molecule has 1 saturated heterocycles. The number of anilines is 2. The highest BCUT2D eigenvalue weighted by molar-refractivity contribution is 5.68. The molecule has 1 aliphatic heterocycles. The predicted octanol–water partition coefficient (Wildman–Crippen LogP) is 1.89. The standard InChI is InChI=1S/C15H25N5O2/c1-4-6-16-13-11-14(18-12(3)17-13)19-7-9-20(10-8-19)15(21)22-5-2/h11H,4-10H2,1-3H3,(H,16,17,18). The zero-order valence-electron chi connectivity index (χ0n) is 13.6. The van der Waals surface area contributed by atoms with Crippen molar-refractivity contribution in [2.75, 3.05) is 49.5 Å². The van der Waals surface area contributed by atoms with Gasteiger partial charge in [0.05, 0.1) is 6.61 Å². The number of rotatable bonds is 5. The summed E-state index contributed by atoms with van der Waals surface area (Å²) in [6.45, 7) is 9.96. The van der Waals surface area contributed by atoms with E-state index in [-0.39, 0.29) is 6.09 Å². The smallest absolute Gasteiger partial charge is 0.409 e. The quantitative estimate of drug-likeness (QED) is 0.895. The van der Waals surface area contributed by atoms with Crippen LogP contribution >= 0.6 is 0 Å². The summed E-state index contributed by atoms with van der Waals surface area (Å²) < 4.78 is 5.04. The molecule has 22 heavy (non-hydrogen) atoms. The van der Waals surface area contributed by atoms with Gasteiger partial charge in [-0.2, -0.15) is 0 Å². The highest BCUT2D eigenvalue weighted by atomic mass is 16.6. The van der Waals surface area contributed by atoms with Gasteiger partial charge in [-0.25, -0.2) is 14.8 Å². The van der Waals surface area contributed by atoms with Crippen molar-refractivity contribution in [1.29, 1.82) is 0 Å². The molecule has 1 aromatic rings. The fraction of sp³-hybridized carbons (Fsp3) is 0.667. The van der Waals surface area contributed by atoms with E-state index in [1.807, 2.05) is 19.9 Å². The van der Waals surface area contributed by atoms with Crippen molar-refractivity contribution in [3.63, 3.8) is 0 Å². The Hall–Kier alpha value is -2.05. The lowest BCUT2D eigenvalue weighted by molar-refractivity contribution is 0.105. The van der Waals surface area contributed by atoms with Crippen molar-refractivity contribution >= 4 is 17.7 Å². The fourth-order valence-corrected chi connectivity index (χ4v) is 2.39. The summed E-state index contributed by atoms with van der Waals surface area (Å²) >= 11 is 0. The van der Waals surface area contributed by atoms with Crippen LogP contribution < -0.4 is 10.2 Å². The molecule has 0 unspecified atom stereocenters. The third kappa shape index (κ3) is 4.22.